The minimum absolute atomic E-state index is 0.0735. The molecule has 0 spiro atoms. The molecule has 1 N–H and O–H groups in total. The normalized spacial score (nSPS) is 10.9. The van der Waals surface area contributed by atoms with Crippen LogP contribution in [-0.2, 0) is 6.54 Å². The Kier molecular flexibility index (Phi) is 4.87. The summed E-state index contributed by atoms with van der Waals surface area (Å²) in [5.41, 5.74) is 1.99. The molecule has 0 atom stereocenters. The second-order valence-corrected chi connectivity index (χ2v) is 5.19. The highest BCUT2D eigenvalue weighted by molar-refractivity contribution is 5.58. The van der Waals surface area contributed by atoms with E-state index in [0.29, 0.717) is 5.89 Å². The van der Waals surface area contributed by atoms with Crippen LogP contribution >= 0.6 is 0 Å². The smallest absolute Gasteiger partial charge is 0.387 e. The Hall–Kier alpha value is -3.03. The van der Waals surface area contributed by atoms with Crippen LogP contribution in [0.2, 0.25) is 0 Å². The second kappa shape index (κ2) is 7.25. The number of hydrogen-bond donors (Lipinski definition) is 1. The number of aromatic nitrogens is 2. The van der Waals surface area contributed by atoms with Gasteiger partial charge < -0.3 is 14.5 Å². The largest absolute Gasteiger partial charge is 0.433 e. The van der Waals surface area contributed by atoms with E-state index in [1.807, 2.05) is 31.2 Å². The fourth-order valence-corrected chi connectivity index (χ4v) is 2.25. The Morgan fingerprint density at radius 1 is 1.16 bits per heavy atom. The topological polar surface area (TPSA) is 60.2 Å². The molecule has 0 saturated carbocycles. The van der Waals surface area contributed by atoms with Gasteiger partial charge in [0.15, 0.2) is 5.75 Å². The van der Waals surface area contributed by atoms with E-state index < -0.39 is 12.4 Å². The SMILES string of the molecule is Cc1ccccc1-c1nnc(CNc2ccc(F)cc2OC(F)F)o1. The molecule has 0 aliphatic rings. The van der Waals surface area contributed by atoms with Crippen molar-refractivity contribution < 1.29 is 22.3 Å². The molecule has 1 aromatic heterocycles. The summed E-state index contributed by atoms with van der Waals surface area (Å²) in [4.78, 5) is 0. The molecular weight excluding hydrogens is 335 g/mol. The van der Waals surface area contributed by atoms with Crippen molar-refractivity contribution in [3.8, 4) is 17.2 Å². The number of alkyl halides is 2. The van der Waals surface area contributed by atoms with Gasteiger partial charge >= 0.3 is 6.61 Å². The predicted molar refractivity (Wildman–Crippen MR) is 84.8 cm³/mol. The molecule has 0 bridgehead atoms. The van der Waals surface area contributed by atoms with Crippen LogP contribution in [0.15, 0.2) is 46.9 Å². The van der Waals surface area contributed by atoms with Gasteiger partial charge in [-0.1, -0.05) is 18.2 Å². The molecule has 3 aromatic rings. The average Bonchev–Trinajstić information content (AvgIpc) is 3.03. The maximum absolute atomic E-state index is 13.2. The van der Waals surface area contributed by atoms with Crippen LogP contribution in [0.25, 0.3) is 11.5 Å². The first-order valence-electron chi connectivity index (χ1n) is 7.39. The molecule has 25 heavy (non-hydrogen) atoms. The molecule has 0 radical (unpaired) electrons. The summed E-state index contributed by atoms with van der Waals surface area (Å²) in [6.07, 6.45) is 0. The van der Waals surface area contributed by atoms with Gasteiger partial charge in [0, 0.05) is 11.6 Å². The first-order valence-corrected chi connectivity index (χ1v) is 7.39. The van der Waals surface area contributed by atoms with E-state index in [-0.39, 0.29) is 23.9 Å². The van der Waals surface area contributed by atoms with E-state index in [4.69, 9.17) is 4.42 Å². The third kappa shape index (κ3) is 4.09. The average molecular weight is 349 g/mol. The lowest BCUT2D eigenvalue weighted by molar-refractivity contribution is -0.0495. The van der Waals surface area contributed by atoms with Gasteiger partial charge in [0.05, 0.1) is 12.2 Å². The number of benzene rings is 2. The second-order valence-electron chi connectivity index (χ2n) is 5.19. The molecule has 0 aliphatic heterocycles. The first-order chi connectivity index (χ1) is 12.0. The van der Waals surface area contributed by atoms with Gasteiger partial charge in [-0.25, -0.2) is 4.39 Å². The summed E-state index contributed by atoms with van der Waals surface area (Å²) in [5, 5.41) is 10.7. The molecule has 0 aliphatic carbocycles. The lowest BCUT2D eigenvalue weighted by Crippen LogP contribution is -2.07. The van der Waals surface area contributed by atoms with Crippen LogP contribution in [0.4, 0.5) is 18.9 Å². The van der Waals surface area contributed by atoms with Crippen LogP contribution in [0.5, 0.6) is 5.75 Å². The summed E-state index contributed by atoms with van der Waals surface area (Å²) in [7, 11) is 0. The highest BCUT2D eigenvalue weighted by Gasteiger charge is 2.13. The maximum Gasteiger partial charge on any atom is 0.387 e. The van der Waals surface area contributed by atoms with Gasteiger partial charge in [-0.2, -0.15) is 8.78 Å². The summed E-state index contributed by atoms with van der Waals surface area (Å²) in [5.74, 6) is -0.363. The van der Waals surface area contributed by atoms with Crippen LogP contribution in [0.1, 0.15) is 11.5 Å². The van der Waals surface area contributed by atoms with Crippen molar-refractivity contribution in [1.29, 1.82) is 0 Å². The summed E-state index contributed by atoms with van der Waals surface area (Å²) in [6, 6.07) is 10.8. The molecule has 0 amide bonds. The lowest BCUT2D eigenvalue weighted by atomic mass is 10.1. The molecule has 8 heteroatoms. The van der Waals surface area contributed by atoms with Crippen LogP contribution in [0.3, 0.4) is 0 Å². The maximum atomic E-state index is 13.2. The Morgan fingerprint density at radius 2 is 1.96 bits per heavy atom. The van der Waals surface area contributed by atoms with E-state index in [1.165, 1.54) is 6.07 Å². The molecule has 1 heterocycles. The van der Waals surface area contributed by atoms with Gasteiger partial charge in [-0.05, 0) is 30.7 Å². The minimum atomic E-state index is -3.06. The third-order valence-electron chi connectivity index (χ3n) is 3.43. The highest BCUT2D eigenvalue weighted by Crippen LogP contribution is 2.28. The minimum Gasteiger partial charge on any atom is -0.433 e. The molecular formula is C17H14F3N3O2. The van der Waals surface area contributed by atoms with Crippen molar-refractivity contribution >= 4 is 5.69 Å². The van der Waals surface area contributed by atoms with E-state index in [1.54, 1.807) is 0 Å². The molecule has 0 saturated heterocycles. The third-order valence-corrected chi connectivity index (χ3v) is 3.43. The quantitative estimate of drug-likeness (QED) is 0.715. The molecule has 2 aromatic carbocycles. The fraction of sp³-hybridized carbons (Fsp3) is 0.176. The van der Waals surface area contributed by atoms with Crippen molar-refractivity contribution in [3.05, 3.63) is 59.7 Å². The summed E-state index contributed by atoms with van der Waals surface area (Å²) in [6.45, 7) is -1.06. The predicted octanol–water partition coefficient (Wildman–Crippen LogP) is 4.40. The molecule has 5 nitrogen and oxygen atoms in total. The van der Waals surface area contributed by atoms with E-state index in [9.17, 15) is 13.2 Å². The van der Waals surface area contributed by atoms with Crippen molar-refractivity contribution in [3.63, 3.8) is 0 Å². The van der Waals surface area contributed by atoms with Gasteiger partial charge in [-0.15, -0.1) is 10.2 Å². The zero-order chi connectivity index (χ0) is 17.8. The van der Waals surface area contributed by atoms with Crippen LogP contribution in [0, 0.1) is 12.7 Å². The first kappa shape index (κ1) is 16.8. The van der Waals surface area contributed by atoms with Crippen molar-refractivity contribution in [2.75, 3.05) is 5.32 Å². The zero-order valence-corrected chi connectivity index (χ0v) is 13.2. The van der Waals surface area contributed by atoms with Crippen molar-refractivity contribution in [2.24, 2.45) is 0 Å². The number of hydrogen-bond acceptors (Lipinski definition) is 5. The summed E-state index contributed by atoms with van der Waals surface area (Å²) < 4.78 is 47.9. The van der Waals surface area contributed by atoms with Crippen LogP contribution in [-0.4, -0.2) is 16.8 Å². The molecule has 3 rings (SSSR count). The Balaban J connectivity index is 1.74. The Bertz CT molecular complexity index is 868. The lowest BCUT2D eigenvalue weighted by Gasteiger charge is -2.11. The number of anilines is 1. The number of nitrogens with zero attached hydrogens (tertiary/aromatic N) is 2. The summed E-state index contributed by atoms with van der Waals surface area (Å²) >= 11 is 0. The molecule has 130 valence electrons. The van der Waals surface area contributed by atoms with Crippen molar-refractivity contribution in [1.82, 2.24) is 10.2 Å². The van der Waals surface area contributed by atoms with E-state index in [2.05, 4.69) is 20.3 Å². The Morgan fingerprint density at radius 3 is 2.72 bits per heavy atom. The number of halogens is 3. The van der Waals surface area contributed by atoms with Gasteiger partial charge in [-0.3, -0.25) is 0 Å². The van der Waals surface area contributed by atoms with Crippen molar-refractivity contribution in [2.45, 2.75) is 20.1 Å². The van der Waals surface area contributed by atoms with Crippen LogP contribution < -0.4 is 10.1 Å². The Labute approximate surface area is 141 Å². The highest BCUT2D eigenvalue weighted by atomic mass is 19.3. The van der Waals surface area contributed by atoms with Gasteiger partial charge in [0.25, 0.3) is 0 Å². The van der Waals surface area contributed by atoms with Gasteiger partial charge in [0.2, 0.25) is 11.8 Å². The molecule has 0 unspecified atom stereocenters. The zero-order valence-electron chi connectivity index (χ0n) is 13.2. The number of ether oxygens (including phenoxy) is 1. The van der Waals surface area contributed by atoms with E-state index in [0.717, 1.165) is 23.3 Å². The standard InChI is InChI=1S/C17H14F3N3O2/c1-10-4-2-3-5-12(10)16-23-22-15(25-16)9-21-13-7-6-11(18)8-14(13)24-17(19)20/h2-8,17,21H,9H2,1H3. The number of aryl methyl sites for hydroxylation is 1. The van der Waals surface area contributed by atoms with E-state index >= 15 is 0 Å². The number of nitrogens with one attached hydrogen (secondary N) is 1. The molecule has 0 fully saturated rings. The monoisotopic (exact) mass is 349 g/mol. The number of rotatable bonds is 6. The fourth-order valence-electron chi connectivity index (χ4n) is 2.25. The van der Waals surface area contributed by atoms with Gasteiger partial charge in [0.1, 0.15) is 5.82 Å².